The van der Waals surface area contributed by atoms with Gasteiger partial charge in [0.25, 0.3) is 0 Å². The maximum absolute atomic E-state index is 9.78. The van der Waals surface area contributed by atoms with Crippen LogP contribution in [0.1, 0.15) is 23.6 Å². The number of phenolic OH excluding ortho intramolecular Hbond substituents is 1. The first kappa shape index (κ1) is 15.3. The van der Waals surface area contributed by atoms with Gasteiger partial charge in [-0.3, -0.25) is 0 Å². The first-order chi connectivity index (χ1) is 9.97. The van der Waals surface area contributed by atoms with Gasteiger partial charge in [0.1, 0.15) is 5.75 Å². The predicted octanol–water partition coefficient (Wildman–Crippen LogP) is 4.08. The van der Waals surface area contributed by atoms with Gasteiger partial charge in [-0.1, -0.05) is 47.5 Å². The zero-order valence-corrected chi connectivity index (χ0v) is 13.2. The number of aryl methyl sites for hydroxylation is 1. The Morgan fingerprint density at radius 3 is 2.24 bits per heavy atom. The highest BCUT2D eigenvalue weighted by molar-refractivity contribution is 5.82. The van der Waals surface area contributed by atoms with E-state index in [1.54, 1.807) is 6.07 Å². The van der Waals surface area contributed by atoms with E-state index in [1.807, 2.05) is 18.2 Å². The Bertz CT molecular complexity index is 639. The quantitative estimate of drug-likeness (QED) is 0.912. The minimum Gasteiger partial charge on any atom is -0.508 e. The Balaban J connectivity index is 2.56. The number of nitrogens with zero attached hydrogens (tertiary/aromatic N) is 1. The predicted molar refractivity (Wildman–Crippen MR) is 89.5 cm³/mol. The van der Waals surface area contributed by atoms with Crippen LogP contribution in [0.3, 0.4) is 0 Å². The SMILES string of the molecule is C/C(CN(C)C)=C(/c1ccc(C)cc1)c1cccc(O)c1. The van der Waals surface area contributed by atoms with Crippen LogP contribution < -0.4 is 0 Å². The van der Waals surface area contributed by atoms with Crippen molar-refractivity contribution in [3.8, 4) is 5.75 Å². The normalized spacial score (nSPS) is 12.4. The molecule has 0 radical (unpaired) electrons. The van der Waals surface area contributed by atoms with Gasteiger partial charge in [-0.15, -0.1) is 0 Å². The van der Waals surface area contributed by atoms with Crippen molar-refractivity contribution in [2.45, 2.75) is 13.8 Å². The van der Waals surface area contributed by atoms with E-state index in [9.17, 15) is 5.11 Å². The third-order valence-electron chi connectivity index (χ3n) is 3.46. The van der Waals surface area contributed by atoms with Gasteiger partial charge in [0.2, 0.25) is 0 Å². The molecule has 0 saturated heterocycles. The van der Waals surface area contributed by atoms with E-state index < -0.39 is 0 Å². The van der Waals surface area contributed by atoms with Crippen LogP contribution >= 0.6 is 0 Å². The molecule has 0 saturated carbocycles. The second-order valence-corrected chi connectivity index (χ2v) is 5.81. The summed E-state index contributed by atoms with van der Waals surface area (Å²) in [4.78, 5) is 2.16. The Kier molecular flexibility index (Phi) is 4.81. The first-order valence-electron chi connectivity index (χ1n) is 7.18. The highest BCUT2D eigenvalue weighted by Gasteiger charge is 2.10. The monoisotopic (exact) mass is 281 g/mol. The highest BCUT2D eigenvalue weighted by Crippen LogP contribution is 2.29. The molecule has 2 rings (SSSR count). The molecule has 0 atom stereocenters. The molecular weight excluding hydrogens is 258 g/mol. The van der Waals surface area contributed by atoms with Crippen LogP contribution in [-0.4, -0.2) is 30.6 Å². The molecule has 0 heterocycles. The number of hydrogen-bond donors (Lipinski definition) is 1. The van der Waals surface area contributed by atoms with Crippen molar-refractivity contribution < 1.29 is 5.11 Å². The number of benzene rings is 2. The summed E-state index contributed by atoms with van der Waals surface area (Å²) in [5, 5.41) is 9.78. The lowest BCUT2D eigenvalue weighted by Gasteiger charge is -2.17. The minimum absolute atomic E-state index is 0.301. The van der Waals surface area contributed by atoms with Crippen molar-refractivity contribution in [2.75, 3.05) is 20.6 Å². The third-order valence-corrected chi connectivity index (χ3v) is 3.46. The maximum Gasteiger partial charge on any atom is 0.116 e. The topological polar surface area (TPSA) is 23.5 Å². The Morgan fingerprint density at radius 1 is 1.00 bits per heavy atom. The molecule has 110 valence electrons. The zero-order valence-electron chi connectivity index (χ0n) is 13.2. The molecule has 0 aromatic heterocycles. The molecule has 21 heavy (non-hydrogen) atoms. The average molecular weight is 281 g/mol. The van der Waals surface area contributed by atoms with Crippen LogP contribution in [0.15, 0.2) is 54.1 Å². The molecule has 2 nitrogen and oxygen atoms in total. The van der Waals surface area contributed by atoms with Gasteiger partial charge < -0.3 is 10.0 Å². The maximum atomic E-state index is 9.78. The lowest BCUT2D eigenvalue weighted by atomic mass is 9.92. The summed E-state index contributed by atoms with van der Waals surface area (Å²) < 4.78 is 0. The van der Waals surface area contributed by atoms with Gasteiger partial charge in [0.05, 0.1) is 0 Å². The fourth-order valence-corrected chi connectivity index (χ4v) is 2.59. The minimum atomic E-state index is 0.301. The fourth-order valence-electron chi connectivity index (χ4n) is 2.59. The number of likely N-dealkylation sites (N-methyl/N-ethyl adjacent to an activating group) is 1. The Labute approximate surface area is 127 Å². The summed E-state index contributed by atoms with van der Waals surface area (Å²) in [5.74, 6) is 0.301. The Hall–Kier alpha value is -2.06. The number of hydrogen-bond acceptors (Lipinski definition) is 2. The molecule has 0 amide bonds. The van der Waals surface area contributed by atoms with Crippen LogP contribution in [-0.2, 0) is 0 Å². The van der Waals surface area contributed by atoms with Crippen LogP contribution in [0.25, 0.3) is 5.57 Å². The standard InChI is InChI=1S/C19H23NO/c1-14-8-10-16(11-9-14)19(15(2)13-20(3)4)17-6-5-7-18(21)12-17/h5-12,21H,13H2,1-4H3/b19-15+. The molecule has 2 heteroatoms. The summed E-state index contributed by atoms with van der Waals surface area (Å²) in [6, 6.07) is 16.0. The van der Waals surface area contributed by atoms with Crippen molar-refractivity contribution in [2.24, 2.45) is 0 Å². The van der Waals surface area contributed by atoms with E-state index in [-0.39, 0.29) is 0 Å². The summed E-state index contributed by atoms with van der Waals surface area (Å²) in [7, 11) is 4.14. The highest BCUT2D eigenvalue weighted by atomic mass is 16.3. The molecule has 0 bridgehead atoms. The van der Waals surface area contributed by atoms with E-state index >= 15 is 0 Å². The lowest BCUT2D eigenvalue weighted by molar-refractivity contribution is 0.446. The lowest BCUT2D eigenvalue weighted by Crippen LogP contribution is -2.15. The van der Waals surface area contributed by atoms with E-state index in [0.29, 0.717) is 5.75 Å². The van der Waals surface area contributed by atoms with Gasteiger partial charge in [-0.25, -0.2) is 0 Å². The second-order valence-electron chi connectivity index (χ2n) is 5.81. The third kappa shape index (κ3) is 3.96. The van der Waals surface area contributed by atoms with Gasteiger partial charge in [-0.2, -0.15) is 0 Å². The van der Waals surface area contributed by atoms with Crippen molar-refractivity contribution in [3.05, 3.63) is 70.8 Å². The van der Waals surface area contributed by atoms with Gasteiger partial charge in [-0.05, 0) is 56.8 Å². The van der Waals surface area contributed by atoms with Gasteiger partial charge >= 0.3 is 0 Å². The van der Waals surface area contributed by atoms with E-state index in [1.165, 1.54) is 22.3 Å². The molecular formula is C19H23NO. The summed E-state index contributed by atoms with van der Waals surface area (Å²) in [5.41, 5.74) is 5.97. The largest absolute Gasteiger partial charge is 0.508 e. The summed E-state index contributed by atoms with van der Waals surface area (Å²) in [6.45, 7) is 5.13. The molecule has 2 aromatic rings. The van der Waals surface area contributed by atoms with Crippen LogP contribution in [0.2, 0.25) is 0 Å². The van der Waals surface area contributed by atoms with Gasteiger partial charge in [0.15, 0.2) is 0 Å². The number of phenols is 1. The van der Waals surface area contributed by atoms with E-state index in [2.05, 4.69) is 57.1 Å². The van der Waals surface area contributed by atoms with Crippen LogP contribution in [0.4, 0.5) is 0 Å². The van der Waals surface area contributed by atoms with Crippen molar-refractivity contribution in [1.29, 1.82) is 0 Å². The number of rotatable bonds is 4. The molecule has 0 aliphatic heterocycles. The molecule has 0 aliphatic rings. The van der Waals surface area contributed by atoms with Crippen LogP contribution in [0.5, 0.6) is 5.75 Å². The smallest absolute Gasteiger partial charge is 0.116 e. The second kappa shape index (κ2) is 6.59. The molecule has 2 aromatic carbocycles. The van der Waals surface area contributed by atoms with Gasteiger partial charge in [0, 0.05) is 6.54 Å². The first-order valence-corrected chi connectivity index (χ1v) is 7.18. The Morgan fingerprint density at radius 2 is 1.67 bits per heavy atom. The fraction of sp³-hybridized carbons (Fsp3) is 0.263. The molecule has 0 fully saturated rings. The van der Waals surface area contributed by atoms with Crippen molar-refractivity contribution >= 4 is 5.57 Å². The van der Waals surface area contributed by atoms with Crippen molar-refractivity contribution in [1.82, 2.24) is 4.90 Å². The number of aromatic hydroxyl groups is 1. The van der Waals surface area contributed by atoms with E-state index in [4.69, 9.17) is 0 Å². The molecule has 1 N–H and O–H groups in total. The molecule has 0 aliphatic carbocycles. The van der Waals surface area contributed by atoms with Crippen molar-refractivity contribution in [3.63, 3.8) is 0 Å². The average Bonchev–Trinajstić information content (AvgIpc) is 2.40. The molecule has 0 spiro atoms. The van der Waals surface area contributed by atoms with Crippen LogP contribution in [0, 0.1) is 6.92 Å². The molecule has 0 unspecified atom stereocenters. The summed E-state index contributed by atoms with van der Waals surface area (Å²) in [6.07, 6.45) is 0. The van der Waals surface area contributed by atoms with E-state index in [0.717, 1.165) is 12.1 Å². The zero-order chi connectivity index (χ0) is 15.4. The summed E-state index contributed by atoms with van der Waals surface area (Å²) >= 11 is 0.